The number of rotatable bonds is 35. The van der Waals surface area contributed by atoms with Gasteiger partial charge in [0.2, 0.25) is 23.6 Å². The number of amides is 4. The lowest BCUT2D eigenvalue weighted by Gasteiger charge is -2.31. The van der Waals surface area contributed by atoms with Crippen LogP contribution in [0.2, 0.25) is 0 Å². The number of nitrogens with zero attached hydrogens (tertiary/aromatic N) is 6. The summed E-state index contributed by atoms with van der Waals surface area (Å²) in [5.41, 5.74) is 0. The normalized spacial score (nSPS) is 11.3. The van der Waals surface area contributed by atoms with E-state index in [1.54, 1.807) is 19.6 Å². The van der Waals surface area contributed by atoms with E-state index in [9.17, 15) is 19.2 Å². The van der Waals surface area contributed by atoms with E-state index in [0.29, 0.717) is 39.3 Å². The van der Waals surface area contributed by atoms with Crippen molar-refractivity contribution in [2.75, 3.05) is 93.6 Å². The molecular formula is C42H84N6O4. The molecule has 0 radical (unpaired) electrons. The van der Waals surface area contributed by atoms with Crippen LogP contribution < -0.4 is 0 Å². The molecule has 0 aromatic carbocycles. The van der Waals surface area contributed by atoms with Crippen LogP contribution >= 0.6 is 0 Å². The molecule has 0 N–H and O–H groups in total. The molecule has 0 bridgehead atoms. The number of carbonyl (C=O) groups is 4. The zero-order valence-corrected chi connectivity index (χ0v) is 35.5. The lowest BCUT2D eigenvalue weighted by Crippen LogP contribution is -2.49. The lowest BCUT2D eigenvalue weighted by atomic mass is 10.1. The summed E-state index contributed by atoms with van der Waals surface area (Å²) in [6, 6.07) is 0. The Morgan fingerprint density at radius 3 is 0.673 bits per heavy atom. The van der Waals surface area contributed by atoms with E-state index in [1.807, 2.05) is 38.0 Å². The van der Waals surface area contributed by atoms with E-state index in [-0.39, 0.29) is 49.8 Å². The van der Waals surface area contributed by atoms with Crippen LogP contribution in [-0.2, 0) is 19.2 Å². The van der Waals surface area contributed by atoms with Gasteiger partial charge in [0, 0.05) is 67.5 Å². The third-order valence-corrected chi connectivity index (χ3v) is 10.3. The maximum atomic E-state index is 13.4. The Balaban J connectivity index is 5.73. The van der Waals surface area contributed by atoms with Gasteiger partial charge in [-0.25, -0.2) is 0 Å². The number of hydrogen-bond acceptors (Lipinski definition) is 6. The van der Waals surface area contributed by atoms with Gasteiger partial charge in [0.1, 0.15) is 0 Å². The highest BCUT2D eigenvalue weighted by Crippen LogP contribution is 2.08. The van der Waals surface area contributed by atoms with E-state index in [4.69, 9.17) is 0 Å². The number of unbranched alkanes of at least 4 members (excludes halogenated alkanes) is 16. The second kappa shape index (κ2) is 33.4. The van der Waals surface area contributed by atoms with Crippen molar-refractivity contribution in [1.82, 2.24) is 29.4 Å². The SMILES string of the molecule is CCCCCCCN(C)C(=O)CN(CCN(CC(=O)N(C)CCCCCCC)CC(=O)N(C)CCCCCCC)CC(=O)N(C)CCCCCCC. The van der Waals surface area contributed by atoms with Crippen LogP contribution in [0.4, 0.5) is 0 Å². The molecule has 0 aromatic heterocycles. The Hall–Kier alpha value is -2.20. The van der Waals surface area contributed by atoms with Crippen LogP contribution in [0, 0.1) is 0 Å². The summed E-state index contributed by atoms with van der Waals surface area (Å²) >= 11 is 0. The van der Waals surface area contributed by atoms with Crippen molar-refractivity contribution < 1.29 is 19.2 Å². The first-order valence-electron chi connectivity index (χ1n) is 21.4. The van der Waals surface area contributed by atoms with Crippen LogP contribution in [0.25, 0.3) is 0 Å². The second-order valence-electron chi connectivity index (χ2n) is 15.3. The van der Waals surface area contributed by atoms with Gasteiger partial charge in [-0.3, -0.25) is 29.0 Å². The summed E-state index contributed by atoms with van der Waals surface area (Å²) in [5.74, 6) is -0.0192. The molecule has 4 amide bonds. The van der Waals surface area contributed by atoms with Crippen LogP contribution in [0.3, 0.4) is 0 Å². The van der Waals surface area contributed by atoms with Crippen LogP contribution in [0.15, 0.2) is 0 Å². The minimum absolute atomic E-state index is 0.00479. The van der Waals surface area contributed by atoms with Crippen molar-refractivity contribution in [2.24, 2.45) is 0 Å². The molecule has 52 heavy (non-hydrogen) atoms. The number of hydrogen-bond donors (Lipinski definition) is 0. The van der Waals surface area contributed by atoms with Gasteiger partial charge in [0.25, 0.3) is 0 Å². The highest BCUT2D eigenvalue weighted by molar-refractivity contribution is 5.82. The molecule has 0 unspecified atom stereocenters. The van der Waals surface area contributed by atoms with Crippen LogP contribution in [-0.4, -0.2) is 147 Å². The van der Waals surface area contributed by atoms with Gasteiger partial charge in [-0.15, -0.1) is 0 Å². The van der Waals surface area contributed by atoms with Gasteiger partial charge >= 0.3 is 0 Å². The van der Waals surface area contributed by atoms with Crippen molar-refractivity contribution >= 4 is 23.6 Å². The molecule has 0 rings (SSSR count). The first-order chi connectivity index (χ1) is 25.0. The summed E-state index contributed by atoms with van der Waals surface area (Å²) in [6.07, 6.45) is 22.6. The predicted molar refractivity (Wildman–Crippen MR) is 218 cm³/mol. The van der Waals surface area contributed by atoms with E-state index in [2.05, 4.69) is 27.7 Å². The molecule has 0 saturated heterocycles. The third kappa shape index (κ3) is 26.5. The van der Waals surface area contributed by atoms with Crippen molar-refractivity contribution in [3.63, 3.8) is 0 Å². The summed E-state index contributed by atoms with van der Waals surface area (Å²) < 4.78 is 0. The fraction of sp³-hybridized carbons (Fsp3) is 0.905. The number of likely N-dealkylation sites (N-methyl/N-ethyl adjacent to an activating group) is 4. The van der Waals surface area contributed by atoms with Gasteiger partial charge in [0.15, 0.2) is 0 Å². The molecule has 306 valence electrons. The van der Waals surface area contributed by atoms with Crippen molar-refractivity contribution in [2.45, 2.75) is 156 Å². The van der Waals surface area contributed by atoms with Crippen molar-refractivity contribution in [1.29, 1.82) is 0 Å². The highest BCUT2D eigenvalue weighted by Gasteiger charge is 2.23. The van der Waals surface area contributed by atoms with Gasteiger partial charge < -0.3 is 19.6 Å². The van der Waals surface area contributed by atoms with Crippen molar-refractivity contribution in [3.05, 3.63) is 0 Å². The molecule has 0 fully saturated rings. The Morgan fingerprint density at radius 2 is 0.481 bits per heavy atom. The average molecular weight is 737 g/mol. The molecule has 0 aliphatic carbocycles. The monoisotopic (exact) mass is 737 g/mol. The van der Waals surface area contributed by atoms with Gasteiger partial charge in [-0.05, 0) is 25.7 Å². The van der Waals surface area contributed by atoms with E-state index in [0.717, 1.165) is 51.4 Å². The van der Waals surface area contributed by atoms with E-state index in [1.165, 1.54) is 77.0 Å². The quantitative estimate of drug-likeness (QED) is 0.0635. The predicted octanol–water partition coefficient (Wildman–Crippen LogP) is 7.31. The minimum atomic E-state index is -0.00479. The molecule has 0 aromatic rings. The van der Waals surface area contributed by atoms with E-state index >= 15 is 0 Å². The first-order valence-corrected chi connectivity index (χ1v) is 21.4. The molecular weight excluding hydrogens is 653 g/mol. The fourth-order valence-electron chi connectivity index (χ4n) is 6.27. The maximum Gasteiger partial charge on any atom is 0.236 e. The summed E-state index contributed by atoms with van der Waals surface area (Å²) in [7, 11) is 7.41. The molecule has 10 nitrogen and oxygen atoms in total. The Labute approximate surface area is 321 Å². The zero-order valence-electron chi connectivity index (χ0n) is 35.5. The number of carbonyl (C=O) groups excluding carboxylic acids is 4. The second-order valence-corrected chi connectivity index (χ2v) is 15.3. The summed E-state index contributed by atoms with van der Waals surface area (Å²) in [6.45, 7) is 12.9. The third-order valence-electron chi connectivity index (χ3n) is 10.3. The molecule has 0 heterocycles. The first kappa shape index (κ1) is 49.8. The topological polar surface area (TPSA) is 87.7 Å². The Bertz CT molecular complexity index is 779. The van der Waals surface area contributed by atoms with Crippen LogP contribution in [0.1, 0.15) is 156 Å². The smallest absolute Gasteiger partial charge is 0.236 e. The van der Waals surface area contributed by atoms with Gasteiger partial charge in [-0.2, -0.15) is 0 Å². The van der Waals surface area contributed by atoms with Crippen molar-refractivity contribution in [3.8, 4) is 0 Å². The standard InChI is InChI=1S/C42H84N6O4/c1-9-13-17-21-25-29-43(5)39(49)35-47(36-40(50)44(6)30-26-22-18-14-10-2)33-34-48(37-41(51)45(7)31-27-23-19-15-11-3)38-42(52)46(8)32-28-24-20-16-12-4/h9-38H2,1-8H3. The van der Waals surface area contributed by atoms with Gasteiger partial charge in [0.05, 0.1) is 26.2 Å². The Kier molecular flexibility index (Phi) is 32.0. The lowest BCUT2D eigenvalue weighted by molar-refractivity contribution is -0.137. The molecule has 0 aliphatic rings. The molecule has 0 aliphatic heterocycles. The average Bonchev–Trinajstić information content (AvgIpc) is 3.12. The summed E-state index contributed by atoms with van der Waals surface area (Å²) in [4.78, 5) is 64.7. The molecule has 0 saturated carbocycles. The highest BCUT2D eigenvalue weighted by atomic mass is 16.2. The summed E-state index contributed by atoms with van der Waals surface area (Å²) in [5, 5.41) is 0. The largest absolute Gasteiger partial charge is 0.345 e. The van der Waals surface area contributed by atoms with Crippen LogP contribution in [0.5, 0.6) is 0 Å². The minimum Gasteiger partial charge on any atom is -0.345 e. The fourth-order valence-corrected chi connectivity index (χ4v) is 6.27. The zero-order chi connectivity index (χ0) is 39.0. The molecule has 10 heteroatoms. The van der Waals surface area contributed by atoms with E-state index < -0.39 is 0 Å². The maximum absolute atomic E-state index is 13.4. The Morgan fingerprint density at radius 1 is 0.288 bits per heavy atom. The van der Waals surface area contributed by atoms with Gasteiger partial charge in [-0.1, -0.05) is 130 Å². The molecule has 0 atom stereocenters. The molecule has 0 spiro atoms.